The van der Waals surface area contributed by atoms with Gasteiger partial charge in [-0.25, -0.2) is 18.4 Å². The van der Waals surface area contributed by atoms with Crippen LogP contribution in [0.2, 0.25) is 0 Å². The van der Waals surface area contributed by atoms with Crippen molar-refractivity contribution in [3.8, 4) is 11.5 Å². The molecule has 0 radical (unpaired) electrons. The van der Waals surface area contributed by atoms with Gasteiger partial charge in [0.25, 0.3) is 10.0 Å². The molecule has 8 nitrogen and oxygen atoms in total. The Hall–Kier alpha value is -3.07. The van der Waals surface area contributed by atoms with Gasteiger partial charge in [-0.05, 0) is 37.1 Å². The fourth-order valence-electron chi connectivity index (χ4n) is 3.38. The van der Waals surface area contributed by atoms with E-state index in [9.17, 15) is 8.42 Å². The third kappa shape index (κ3) is 3.77. The second-order valence-corrected chi connectivity index (χ2v) is 8.35. The predicted molar refractivity (Wildman–Crippen MR) is 111 cm³/mol. The molecule has 0 saturated carbocycles. The van der Waals surface area contributed by atoms with Gasteiger partial charge in [-0.15, -0.1) is 0 Å². The minimum Gasteiger partial charge on any atom is -0.497 e. The van der Waals surface area contributed by atoms with Gasteiger partial charge < -0.3 is 14.4 Å². The number of nitrogens with one attached hydrogen (secondary N) is 1. The fourth-order valence-corrected chi connectivity index (χ4v) is 4.57. The number of aromatic nitrogens is 2. The van der Waals surface area contributed by atoms with Crippen molar-refractivity contribution in [3.63, 3.8) is 0 Å². The van der Waals surface area contributed by atoms with Crippen molar-refractivity contribution in [2.75, 3.05) is 36.9 Å². The maximum absolute atomic E-state index is 13.2. The van der Waals surface area contributed by atoms with E-state index in [1.807, 2.05) is 18.2 Å². The summed E-state index contributed by atoms with van der Waals surface area (Å²) in [6.07, 6.45) is 2.06. The van der Waals surface area contributed by atoms with Crippen molar-refractivity contribution in [2.24, 2.45) is 0 Å². The van der Waals surface area contributed by atoms with Gasteiger partial charge in [-0.2, -0.15) is 0 Å². The highest BCUT2D eigenvalue weighted by Gasteiger charge is 2.26. The summed E-state index contributed by atoms with van der Waals surface area (Å²) in [5.74, 6) is 1.37. The van der Waals surface area contributed by atoms with Gasteiger partial charge >= 0.3 is 0 Å². The Kier molecular flexibility index (Phi) is 5.14. The first kappa shape index (κ1) is 19.3. The van der Waals surface area contributed by atoms with Crippen LogP contribution in [-0.2, 0) is 10.0 Å². The van der Waals surface area contributed by atoms with Crippen LogP contribution in [0.4, 0.5) is 11.6 Å². The molecule has 1 saturated heterocycles. The van der Waals surface area contributed by atoms with Crippen LogP contribution >= 0.6 is 0 Å². The van der Waals surface area contributed by atoms with Gasteiger partial charge in [0.1, 0.15) is 16.4 Å². The van der Waals surface area contributed by atoms with Crippen molar-refractivity contribution >= 4 is 32.7 Å². The number of para-hydroxylation sites is 2. The number of hydrogen-bond acceptors (Lipinski definition) is 7. The van der Waals surface area contributed by atoms with Gasteiger partial charge in [0.2, 0.25) is 0 Å². The molecule has 1 aliphatic heterocycles. The Balaban J connectivity index is 1.81. The van der Waals surface area contributed by atoms with E-state index in [1.54, 1.807) is 18.2 Å². The van der Waals surface area contributed by atoms with Gasteiger partial charge in [0.05, 0.1) is 25.3 Å². The molecule has 1 N–H and O–H groups in total. The van der Waals surface area contributed by atoms with Crippen molar-refractivity contribution < 1.29 is 17.9 Å². The largest absolute Gasteiger partial charge is 0.497 e. The van der Waals surface area contributed by atoms with E-state index in [0.29, 0.717) is 17.1 Å². The van der Waals surface area contributed by atoms with Crippen LogP contribution in [0.5, 0.6) is 11.5 Å². The molecule has 1 fully saturated rings. The van der Waals surface area contributed by atoms with Gasteiger partial charge in [0, 0.05) is 19.2 Å². The molecule has 29 heavy (non-hydrogen) atoms. The molecule has 0 atom stereocenters. The molecule has 152 valence electrons. The molecule has 0 spiro atoms. The number of nitrogens with zero attached hydrogens (tertiary/aromatic N) is 3. The molecule has 0 bridgehead atoms. The van der Waals surface area contributed by atoms with Crippen LogP contribution in [0, 0.1) is 0 Å². The zero-order valence-electron chi connectivity index (χ0n) is 16.3. The molecule has 1 aromatic heterocycles. The minimum atomic E-state index is -3.99. The molecule has 0 amide bonds. The highest BCUT2D eigenvalue weighted by atomic mass is 32.2. The van der Waals surface area contributed by atoms with E-state index < -0.39 is 10.0 Å². The van der Waals surface area contributed by atoms with Crippen molar-refractivity contribution in [3.05, 3.63) is 42.5 Å². The van der Waals surface area contributed by atoms with Crippen molar-refractivity contribution in [1.29, 1.82) is 0 Å². The quantitative estimate of drug-likeness (QED) is 0.662. The number of fused-ring (bicyclic) bond motifs is 1. The summed E-state index contributed by atoms with van der Waals surface area (Å²) in [5.41, 5.74) is 1.34. The van der Waals surface area contributed by atoms with Crippen LogP contribution in [0.1, 0.15) is 12.8 Å². The molecular formula is C20H22N4O4S. The number of ether oxygens (including phenoxy) is 2. The number of rotatable bonds is 6. The Morgan fingerprint density at radius 3 is 2.31 bits per heavy atom. The highest BCUT2D eigenvalue weighted by molar-refractivity contribution is 7.92. The van der Waals surface area contributed by atoms with E-state index in [2.05, 4.69) is 14.6 Å². The van der Waals surface area contributed by atoms with E-state index in [-0.39, 0.29) is 16.5 Å². The third-order valence-electron chi connectivity index (χ3n) is 4.85. The number of benzene rings is 2. The number of sulfonamides is 1. The average molecular weight is 414 g/mol. The van der Waals surface area contributed by atoms with Gasteiger partial charge in [-0.1, -0.05) is 12.1 Å². The summed E-state index contributed by atoms with van der Waals surface area (Å²) in [6.45, 7) is 1.62. The average Bonchev–Trinajstić information content (AvgIpc) is 3.27. The lowest BCUT2D eigenvalue weighted by atomic mass is 10.3. The minimum absolute atomic E-state index is 0.0262. The van der Waals surface area contributed by atoms with E-state index >= 15 is 0 Å². The Bertz CT molecular complexity index is 1140. The Labute approximate surface area is 169 Å². The summed E-state index contributed by atoms with van der Waals surface area (Å²) >= 11 is 0. The van der Waals surface area contributed by atoms with Crippen LogP contribution < -0.4 is 19.1 Å². The maximum atomic E-state index is 13.2. The van der Waals surface area contributed by atoms with Crippen LogP contribution in [-0.4, -0.2) is 45.7 Å². The lowest BCUT2D eigenvalue weighted by Gasteiger charge is -2.21. The second kappa shape index (κ2) is 7.75. The smallest absolute Gasteiger partial charge is 0.266 e. The first-order valence-corrected chi connectivity index (χ1v) is 10.8. The van der Waals surface area contributed by atoms with E-state index in [4.69, 9.17) is 14.5 Å². The van der Waals surface area contributed by atoms with Gasteiger partial charge in [-0.3, -0.25) is 4.72 Å². The summed E-state index contributed by atoms with van der Waals surface area (Å²) in [4.78, 5) is 11.3. The Morgan fingerprint density at radius 1 is 0.966 bits per heavy atom. The molecule has 2 heterocycles. The lowest BCUT2D eigenvalue weighted by molar-refractivity contribution is 0.392. The summed E-state index contributed by atoms with van der Waals surface area (Å²) in [7, 11) is -1.09. The number of methoxy groups -OCH3 is 2. The Morgan fingerprint density at radius 2 is 1.66 bits per heavy atom. The normalized spacial score (nSPS) is 14.2. The van der Waals surface area contributed by atoms with Crippen LogP contribution in [0.15, 0.2) is 47.4 Å². The second-order valence-electron chi connectivity index (χ2n) is 6.70. The standard InChI is InChI=1S/C20H22N4O4S/c1-27-14-9-10-17(28-2)18(13-14)29(25,26)23-19-20(24-11-5-6-12-24)22-16-8-4-3-7-15(16)21-19/h3-4,7-10,13H,5-6,11-12H2,1-2H3,(H,21,23). The zero-order chi connectivity index (χ0) is 20.4. The number of anilines is 2. The first-order valence-electron chi connectivity index (χ1n) is 9.28. The lowest BCUT2D eigenvalue weighted by Crippen LogP contribution is -2.23. The van der Waals surface area contributed by atoms with Crippen molar-refractivity contribution in [1.82, 2.24) is 9.97 Å². The van der Waals surface area contributed by atoms with Gasteiger partial charge in [0.15, 0.2) is 11.6 Å². The third-order valence-corrected chi connectivity index (χ3v) is 6.21. The predicted octanol–water partition coefficient (Wildman–Crippen LogP) is 3.05. The number of hydrogen-bond donors (Lipinski definition) is 1. The topological polar surface area (TPSA) is 93.6 Å². The van der Waals surface area contributed by atoms with Crippen LogP contribution in [0.3, 0.4) is 0 Å². The molecular weight excluding hydrogens is 392 g/mol. The summed E-state index contributed by atoms with van der Waals surface area (Å²) in [5, 5.41) is 0. The van der Waals surface area contributed by atoms with E-state index in [1.165, 1.54) is 20.3 Å². The molecule has 1 aliphatic rings. The first-order chi connectivity index (χ1) is 14.0. The molecule has 2 aromatic carbocycles. The molecule has 0 unspecified atom stereocenters. The maximum Gasteiger partial charge on any atom is 0.266 e. The molecule has 3 aromatic rings. The summed E-state index contributed by atoms with van der Waals surface area (Å²) < 4.78 is 39.5. The molecule has 9 heteroatoms. The monoisotopic (exact) mass is 414 g/mol. The SMILES string of the molecule is COc1ccc(OC)c(S(=O)(=O)Nc2nc3ccccc3nc2N2CCCC2)c1. The highest BCUT2D eigenvalue weighted by Crippen LogP contribution is 2.33. The van der Waals surface area contributed by atoms with E-state index in [0.717, 1.165) is 31.4 Å². The fraction of sp³-hybridized carbons (Fsp3) is 0.300. The molecule has 0 aliphatic carbocycles. The van der Waals surface area contributed by atoms with Crippen LogP contribution in [0.25, 0.3) is 11.0 Å². The molecule has 4 rings (SSSR count). The van der Waals surface area contributed by atoms with Crippen molar-refractivity contribution in [2.45, 2.75) is 17.7 Å². The zero-order valence-corrected chi connectivity index (χ0v) is 17.1. The summed E-state index contributed by atoms with van der Waals surface area (Å²) in [6, 6.07) is 12.0.